The van der Waals surface area contributed by atoms with Crippen molar-refractivity contribution in [2.75, 3.05) is 7.05 Å². The number of hydrogen-bond donors (Lipinski definition) is 1. The number of furan rings is 1. The molecule has 126 valence electrons. The summed E-state index contributed by atoms with van der Waals surface area (Å²) in [6, 6.07) is 9.09. The Balaban J connectivity index is 1.79. The van der Waals surface area contributed by atoms with Crippen LogP contribution in [0.1, 0.15) is 30.2 Å². The Morgan fingerprint density at radius 1 is 1.33 bits per heavy atom. The fourth-order valence-electron chi connectivity index (χ4n) is 3.15. The van der Waals surface area contributed by atoms with E-state index < -0.39 is 6.04 Å². The highest BCUT2D eigenvalue weighted by Gasteiger charge is 2.38. The Bertz CT molecular complexity index is 712. The highest BCUT2D eigenvalue weighted by Crippen LogP contribution is 2.36. The van der Waals surface area contributed by atoms with Crippen molar-refractivity contribution in [3.8, 4) is 0 Å². The maximum atomic E-state index is 13.2. The molecular formula is C18H19FN2O3. The number of benzene rings is 1. The highest BCUT2D eigenvalue weighted by molar-refractivity contribution is 5.84. The molecule has 1 N–H and O–H groups in total. The summed E-state index contributed by atoms with van der Waals surface area (Å²) >= 11 is 0. The second-order valence-electron chi connectivity index (χ2n) is 5.94. The minimum Gasteiger partial charge on any atom is -0.467 e. The van der Waals surface area contributed by atoms with Gasteiger partial charge in [0.15, 0.2) is 0 Å². The van der Waals surface area contributed by atoms with Crippen LogP contribution >= 0.6 is 0 Å². The van der Waals surface area contributed by atoms with Crippen LogP contribution in [0.3, 0.4) is 0 Å². The van der Waals surface area contributed by atoms with E-state index in [0.29, 0.717) is 25.1 Å². The van der Waals surface area contributed by atoms with Crippen molar-refractivity contribution in [1.82, 2.24) is 10.2 Å². The third-order valence-corrected chi connectivity index (χ3v) is 4.43. The molecule has 24 heavy (non-hydrogen) atoms. The normalized spacial score (nSPS) is 20.9. The zero-order chi connectivity index (χ0) is 17.1. The monoisotopic (exact) mass is 330 g/mol. The molecule has 5 nitrogen and oxygen atoms in total. The first kappa shape index (κ1) is 16.2. The lowest BCUT2D eigenvalue weighted by atomic mass is 9.84. The zero-order valence-electron chi connectivity index (χ0n) is 13.4. The van der Waals surface area contributed by atoms with Crippen LogP contribution in [0.2, 0.25) is 0 Å². The first-order chi connectivity index (χ1) is 11.6. The van der Waals surface area contributed by atoms with Crippen molar-refractivity contribution in [1.29, 1.82) is 0 Å². The van der Waals surface area contributed by atoms with Crippen molar-refractivity contribution < 1.29 is 18.4 Å². The molecule has 1 saturated heterocycles. The van der Waals surface area contributed by atoms with Crippen LogP contribution in [0.5, 0.6) is 0 Å². The standard InChI is InChI=1S/C18H19FN2O3/c1-21-16(22)9-8-15(17(21)12-4-6-13(19)7-5-12)18(23)20-11-14-3-2-10-24-14/h2-7,10,15,17H,8-9,11H2,1H3,(H,20,23)/t15-,17+/m1/s1. The number of nitrogens with zero attached hydrogens (tertiary/aromatic N) is 1. The molecule has 2 atom stereocenters. The summed E-state index contributed by atoms with van der Waals surface area (Å²) in [6.45, 7) is 0.302. The van der Waals surface area contributed by atoms with E-state index >= 15 is 0 Å². The fourth-order valence-corrected chi connectivity index (χ4v) is 3.15. The quantitative estimate of drug-likeness (QED) is 0.937. The number of halogens is 1. The Labute approximate surface area is 139 Å². The zero-order valence-corrected chi connectivity index (χ0v) is 13.4. The van der Waals surface area contributed by atoms with Gasteiger partial charge in [-0.2, -0.15) is 0 Å². The van der Waals surface area contributed by atoms with Gasteiger partial charge in [0.25, 0.3) is 0 Å². The number of hydrogen-bond acceptors (Lipinski definition) is 3. The van der Waals surface area contributed by atoms with Crippen molar-refractivity contribution >= 4 is 11.8 Å². The number of carbonyl (C=O) groups is 2. The molecule has 1 aliphatic heterocycles. The van der Waals surface area contributed by atoms with Crippen molar-refractivity contribution in [3.63, 3.8) is 0 Å². The number of nitrogens with one attached hydrogen (secondary N) is 1. The molecule has 2 amide bonds. The molecule has 1 aromatic carbocycles. The van der Waals surface area contributed by atoms with Gasteiger partial charge >= 0.3 is 0 Å². The lowest BCUT2D eigenvalue weighted by Gasteiger charge is -2.38. The molecule has 0 unspecified atom stereocenters. The van der Waals surface area contributed by atoms with Crippen LogP contribution in [0.25, 0.3) is 0 Å². The second-order valence-corrected chi connectivity index (χ2v) is 5.94. The Kier molecular flexibility index (Phi) is 4.64. The molecule has 6 heteroatoms. The van der Waals surface area contributed by atoms with Gasteiger partial charge in [-0.1, -0.05) is 12.1 Å². The lowest BCUT2D eigenvalue weighted by Crippen LogP contribution is -2.46. The minimum atomic E-state index is -0.400. The van der Waals surface area contributed by atoms with Crippen LogP contribution in [0.4, 0.5) is 4.39 Å². The summed E-state index contributed by atoms with van der Waals surface area (Å²) in [7, 11) is 1.68. The van der Waals surface area contributed by atoms with Crippen molar-refractivity contribution in [2.45, 2.75) is 25.4 Å². The molecule has 1 fully saturated rings. The predicted octanol–water partition coefficient (Wildman–Crippen LogP) is 2.64. The van der Waals surface area contributed by atoms with E-state index in [1.807, 2.05) is 0 Å². The van der Waals surface area contributed by atoms with Gasteiger partial charge in [-0.15, -0.1) is 0 Å². The topological polar surface area (TPSA) is 62.6 Å². The molecule has 1 aliphatic rings. The van der Waals surface area contributed by atoms with Gasteiger partial charge in [-0.25, -0.2) is 4.39 Å². The van der Waals surface area contributed by atoms with Crippen LogP contribution in [0.15, 0.2) is 47.1 Å². The Hall–Kier alpha value is -2.63. The first-order valence-electron chi connectivity index (χ1n) is 7.87. The van der Waals surface area contributed by atoms with Gasteiger partial charge in [-0.05, 0) is 36.2 Å². The van der Waals surface area contributed by atoms with Crippen molar-refractivity contribution in [3.05, 3.63) is 59.8 Å². The van der Waals surface area contributed by atoms with Crippen LogP contribution in [0, 0.1) is 11.7 Å². The molecule has 3 rings (SSSR count). The minimum absolute atomic E-state index is 0.0144. The highest BCUT2D eigenvalue weighted by atomic mass is 19.1. The Morgan fingerprint density at radius 2 is 2.08 bits per heavy atom. The SMILES string of the molecule is CN1C(=O)CC[C@@H](C(=O)NCc2ccco2)[C@@H]1c1ccc(F)cc1. The van der Waals surface area contributed by atoms with Crippen molar-refractivity contribution in [2.24, 2.45) is 5.92 Å². The molecule has 1 aromatic heterocycles. The van der Waals surface area contributed by atoms with Gasteiger partial charge < -0.3 is 14.6 Å². The molecule has 0 saturated carbocycles. The number of amides is 2. The van der Waals surface area contributed by atoms with Gasteiger partial charge in [0.2, 0.25) is 11.8 Å². The molecule has 0 radical (unpaired) electrons. The van der Waals surface area contributed by atoms with E-state index in [4.69, 9.17) is 4.42 Å². The molecular weight excluding hydrogens is 311 g/mol. The molecule has 2 aromatic rings. The van der Waals surface area contributed by atoms with Gasteiger partial charge in [0, 0.05) is 13.5 Å². The summed E-state index contributed by atoms with van der Waals surface area (Å²) in [5.74, 6) is -0.211. The number of carbonyl (C=O) groups excluding carboxylic acids is 2. The summed E-state index contributed by atoms with van der Waals surface area (Å²) < 4.78 is 18.4. The van der Waals surface area contributed by atoms with Gasteiger partial charge in [0.05, 0.1) is 24.8 Å². The maximum Gasteiger partial charge on any atom is 0.225 e. The molecule has 0 spiro atoms. The number of likely N-dealkylation sites (tertiary alicyclic amines) is 1. The van der Waals surface area contributed by atoms with E-state index in [2.05, 4.69) is 5.32 Å². The average Bonchev–Trinajstić information content (AvgIpc) is 3.09. The first-order valence-corrected chi connectivity index (χ1v) is 7.87. The summed E-state index contributed by atoms with van der Waals surface area (Å²) in [5.41, 5.74) is 0.755. The lowest BCUT2D eigenvalue weighted by molar-refractivity contribution is -0.141. The second kappa shape index (κ2) is 6.86. The molecule has 0 bridgehead atoms. The largest absolute Gasteiger partial charge is 0.467 e. The van der Waals surface area contributed by atoms with E-state index in [1.165, 1.54) is 12.1 Å². The summed E-state index contributed by atoms with van der Waals surface area (Å²) in [6.07, 6.45) is 2.35. The van der Waals surface area contributed by atoms with E-state index in [1.54, 1.807) is 42.5 Å². The summed E-state index contributed by atoms with van der Waals surface area (Å²) in [4.78, 5) is 26.3. The summed E-state index contributed by atoms with van der Waals surface area (Å²) in [5, 5.41) is 2.86. The predicted molar refractivity (Wildman–Crippen MR) is 85.2 cm³/mol. The van der Waals surface area contributed by atoms with E-state index in [-0.39, 0.29) is 23.5 Å². The van der Waals surface area contributed by atoms with Crippen LogP contribution in [-0.4, -0.2) is 23.8 Å². The third kappa shape index (κ3) is 3.32. The Morgan fingerprint density at radius 3 is 2.75 bits per heavy atom. The smallest absolute Gasteiger partial charge is 0.225 e. The van der Waals surface area contributed by atoms with Crippen LogP contribution in [-0.2, 0) is 16.1 Å². The van der Waals surface area contributed by atoms with Gasteiger partial charge in [0.1, 0.15) is 11.6 Å². The molecule has 0 aliphatic carbocycles. The van der Waals surface area contributed by atoms with E-state index in [9.17, 15) is 14.0 Å². The van der Waals surface area contributed by atoms with Gasteiger partial charge in [-0.3, -0.25) is 9.59 Å². The maximum absolute atomic E-state index is 13.2. The average molecular weight is 330 g/mol. The number of piperidine rings is 1. The number of rotatable bonds is 4. The molecule has 2 heterocycles. The van der Waals surface area contributed by atoms with E-state index in [0.717, 1.165) is 5.56 Å². The third-order valence-electron chi connectivity index (χ3n) is 4.43. The van der Waals surface area contributed by atoms with Crippen LogP contribution < -0.4 is 5.32 Å². The fraction of sp³-hybridized carbons (Fsp3) is 0.333.